The number of fused-ring (bicyclic) bond motifs is 13. The molecule has 9 atom stereocenters. The van der Waals surface area contributed by atoms with E-state index >= 15 is 0 Å². The highest BCUT2D eigenvalue weighted by atomic mass is 16.7. The first kappa shape index (κ1) is 51.3. The number of methoxy groups -OCH3 is 1. The number of anilines is 1. The minimum atomic E-state index is -1.98. The molecule has 0 aromatic heterocycles. The Balaban J connectivity index is 1.23. The van der Waals surface area contributed by atoms with Crippen LogP contribution in [0.25, 0.3) is 10.8 Å². The average molecular weight is 972 g/mol. The van der Waals surface area contributed by atoms with Crippen LogP contribution in [0.4, 0.5) is 10.5 Å². The van der Waals surface area contributed by atoms with Crippen molar-refractivity contribution in [1.82, 2.24) is 9.80 Å². The molecule has 0 radical (unpaired) electrons. The van der Waals surface area contributed by atoms with Crippen LogP contribution < -0.4 is 20.8 Å². The lowest BCUT2D eigenvalue weighted by Gasteiger charge is -2.40. The van der Waals surface area contributed by atoms with Crippen molar-refractivity contribution in [3.63, 3.8) is 0 Å². The number of Topliss-reactive ketones (excluding diaryl/α,β-unsaturated/α-hetero) is 1. The van der Waals surface area contributed by atoms with Gasteiger partial charge in [-0.1, -0.05) is 59.8 Å². The Hall–Kier alpha value is -5.07. The van der Waals surface area contributed by atoms with Crippen molar-refractivity contribution in [2.24, 2.45) is 39.6 Å². The van der Waals surface area contributed by atoms with Gasteiger partial charge < -0.3 is 59.2 Å². The monoisotopic (exact) mass is 972 g/mol. The van der Waals surface area contributed by atoms with Gasteiger partial charge in [0.05, 0.1) is 40.9 Å². The van der Waals surface area contributed by atoms with Crippen molar-refractivity contribution in [3.05, 3.63) is 58.0 Å². The van der Waals surface area contributed by atoms with Gasteiger partial charge in [-0.3, -0.25) is 19.6 Å². The third-order valence-electron chi connectivity index (χ3n) is 15.6. The molecule has 17 heteroatoms. The fourth-order valence-electron chi connectivity index (χ4n) is 11.1. The van der Waals surface area contributed by atoms with Gasteiger partial charge in [-0.25, -0.2) is 4.79 Å². The van der Waals surface area contributed by atoms with E-state index in [-0.39, 0.29) is 67.5 Å². The van der Waals surface area contributed by atoms with E-state index in [1.165, 1.54) is 20.3 Å². The first-order chi connectivity index (χ1) is 33.2. The number of nitrogens with zero attached hydrogens (tertiary/aromatic N) is 4. The average Bonchev–Trinajstić information content (AvgIpc) is 4.04. The molecule has 6 heterocycles. The van der Waals surface area contributed by atoms with Crippen LogP contribution in [0.1, 0.15) is 110 Å². The topological polar surface area (TPSA) is 222 Å². The lowest BCUT2D eigenvalue weighted by Crippen LogP contribution is -2.51. The first-order valence-corrected chi connectivity index (χ1v) is 25.2. The van der Waals surface area contributed by atoms with Crippen molar-refractivity contribution in [1.29, 1.82) is 0 Å². The minimum absolute atomic E-state index is 0.0381. The molecule has 2 aromatic carbocycles. The molecular formula is C53H73N5O12. The molecule has 2 amide bonds. The van der Waals surface area contributed by atoms with E-state index in [1.807, 2.05) is 18.7 Å². The van der Waals surface area contributed by atoms with Crippen LogP contribution >= 0.6 is 0 Å². The number of benzene rings is 2. The van der Waals surface area contributed by atoms with Crippen LogP contribution in [0.3, 0.4) is 0 Å². The smallest absolute Gasteiger partial charge is 0.410 e. The minimum Gasteiger partial charge on any atom is -0.507 e. The van der Waals surface area contributed by atoms with E-state index in [1.54, 1.807) is 52.0 Å². The van der Waals surface area contributed by atoms with Crippen LogP contribution in [-0.4, -0.2) is 136 Å². The molecule has 0 unspecified atom stereocenters. The summed E-state index contributed by atoms with van der Waals surface area (Å²) in [4.78, 5) is 58.0. The second-order valence-electron chi connectivity index (χ2n) is 21.2. The van der Waals surface area contributed by atoms with Crippen LogP contribution in [0, 0.1) is 36.5 Å². The van der Waals surface area contributed by atoms with Crippen molar-refractivity contribution >= 4 is 34.2 Å². The van der Waals surface area contributed by atoms with Crippen molar-refractivity contribution in [3.8, 4) is 17.2 Å². The number of ether oxygens (including phenoxy) is 5. The Bertz CT molecular complexity index is 2580. The molecular weight excluding hydrogens is 899 g/mol. The van der Waals surface area contributed by atoms with E-state index in [0.717, 1.165) is 19.4 Å². The lowest BCUT2D eigenvalue weighted by atomic mass is 9.78. The van der Waals surface area contributed by atoms with E-state index < -0.39 is 83.1 Å². The lowest BCUT2D eigenvalue weighted by molar-refractivity contribution is -0.112. The number of hydrogen-bond donors (Lipinski definition) is 5. The normalized spacial score (nSPS) is 32.6. The number of carbonyl (C=O) groups is 3. The molecule has 1 saturated carbocycles. The van der Waals surface area contributed by atoms with E-state index in [0.29, 0.717) is 57.9 Å². The molecule has 5 N–H and O–H groups in total. The fourth-order valence-corrected chi connectivity index (χ4v) is 11.1. The van der Waals surface area contributed by atoms with Crippen LogP contribution in [0.2, 0.25) is 0 Å². The van der Waals surface area contributed by atoms with E-state index in [4.69, 9.17) is 33.7 Å². The zero-order chi connectivity index (χ0) is 50.6. The predicted molar refractivity (Wildman–Crippen MR) is 261 cm³/mol. The Labute approximate surface area is 410 Å². The van der Waals surface area contributed by atoms with Crippen LogP contribution in [0.5, 0.6) is 17.2 Å². The van der Waals surface area contributed by atoms with Crippen molar-refractivity contribution in [2.45, 2.75) is 149 Å². The number of amides is 2. The summed E-state index contributed by atoms with van der Waals surface area (Å²) >= 11 is 0. The Morgan fingerprint density at radius 1 is 0.914 bits per heavy atom. The van der Waals surface area contributed by atoms with E-state index in [9.17, 15) is 34.8 Å². The number of allylic oxidation sites excluding steroid dienone is 2. The summed E-state index contributed by atoms with van der Waals surface area (Å²) in [6.45, 7) is 19.5. The molecule has 70 heavy (non-hydrogen) atoms. The van der Waals surface area contributed by atoms with Gasteiger partial charge in [0.15, 0.2) is 11.4 Å². The highest BCUT2D eigenvalue weighted by Crippen LogP contribution is 2.50. The van der Waals surface area contributed by atoms with Gasteiger partial charge in [-0.2, -0.15) is 0 Å². The number of piperidine rings is 1. The van der Waals surface area contributed by atoms with E-state index in [2.05, 4.69) is 24.1 Å². The number of hydrogen-bond acceptors (Lipinski definition) is 15. The molecule has 7 aliphatic rings. The fraction of sp³-hybridized carbons (Fsp3) is 0.642. The summed E-state index contributed by atoms with van der Waals surface area (Å²) in [5.74, 6) is -6.04. The number of nitrogens with one attached hydrogen (secondary N) is 1. The molecule has 6 aliphatic heterocycles. The number of rotatable bonds is 6. The maximum atomic E-state index is 15.0. The van der Waals surface area contributed by atoms with Gasteiger partial charge in [0.2, 0.25) is 0 Å². The predicted octanol–water partition coefficient (Wildman–Crippen LogP) is 5.97. The Morgan fingerprint density at radius 2 is 1.57 bits per heavy atom. The number of likely N-dealkylation sites (tertiary alicyclic amines) is 1. The number of phenols is 2. The van der Waals surface area contributed by atoms with Gasteiger partial charge in [0, 0.05) is 112 Å². The largest absolute Gasteiger partial charge is 0.507 e. The highest BCUT2D eigenvalue weighted by molar-refractivity contribution is 6.19. The second kappa shape index (κ2) is 20.2. The summed E-state index contributed by atoms with van der Waals surface area (Å²) in [6.07, 6.45) is 7.62. The number of phenolic OH excluding ortho intramolecular Hbond substituents is 2. The molecule has 17 nitrogen and oxygen atoms in total. The highest BCUT2D eigenvalue weighted by Gasteiger charge is 2.51. The Morgan fingerprint density at radius 3 is 2.21 bits per heavy atom. The van der Waals surface area contributed by atoms with Crippen LogP contribution in [-0.2, 0) is 23.7 Å². The van der Waals surface area contributed by atoms with Gasteiger partial charge in [0.25, 0.3) is 11.7 Å². The Kier molecular flexibility index (Phi) is 14.8. The molecule has 1 spiro atoms. The standard InChI is InChI=1S/C53H73N5O12/c1-27(2)26-57-21-19-53(20-22-57)55-40-37-38-45(61)33(8)48-39(37)49(63)52(9,70-48)68-25-18-36(66-10)30(5)47(69-51(65)58(34-14-15-34)35-16-23-67-24-17-35)32(7)44(60)31(6)43(59)28(3)12-11-13-29(4)50(64)54-42(46(38)62)41(40)56-53/h11-13,18,25,27-28,30-32,34-36,43-44,47,59-62H,14-17,19-24,26H2,1-10H3,(H,54,64)/b12-11-,25-18-,29-13-/t28-,30+,31+,32+,36-,43-,44+,47+,52-/m0/s1. The molecule has 9 rings (SSSR count). The molecule has 2 saturated heterocycles. The number of carbonyl (C=O) groups excluding carboxylic acids is 3. The van der Waals surface area contributed by atoms with Crippen LogP contribution in [0.15, 0.2) is 46.1 Å². The quantitative estimate of drug-likeness (QED) is 0.211. The zero-order valence-electron chi connectivity index (χ0n) is 42.4. The number of aromatic hydroxyl groups is 2. The maximum absolute atomic E-state index is 15.0. The summed E-state index contributed by atoms with van der Waals surface area (Å²) < 4.78 is 30.7. The summed E-state index contributed by atoms with van der Waals surface area (Å²) in [5, 5.41) is 51.3. The summed E-state index contributed by atoms with van der Waals surface area (Å²) in [6, 6.07) is -0.00638. The zero-order valence-corrected chi connectivity index (χ0v) is 42.4. The molecule has 5 bridgehead atoms. The number of aliphatic hydroxyl groups is 2. The number of ketones is 1. The van der Waals surface area contributed by atoms with Crippen molar-refractivity contribution < 1.29 is 58.5 Å². The first-order valence-electron chi connectivity index (χ1n) is 25.2. The van der Waals surface area contributed by atoms with Gasteiger partial charge in [-0.15, -0.1) is 0 Å². The third kappa shape index (κ3) is 9.68. The molecule has 2 aromatic rings. The van der Waals surface area contributed by atoms with Gasteiger partial charge in [0.1, 0.15) is 28.6 Å². The maximum Gasteiger partial charge on any atom is 0.410 e. The SMILES string of the molecule is CO[C@H]1/C=C\O[C@@]2(C)Oc3c(C)c(O)c4c(O)c(c5c(c4c3C2=O)=NC2(CCN(CC(C)C)CC2)N=5)NC(=O)/C(C)=C\C=C/[C@H](C)[C@H](O)[C@@H](C)[C@@H](O)[C@@H](C)[C@H](OC(=O)N(C2CCOCC2)C2CC2)[C@@H]1C. The second-order valence-corrected chi connectivity index (χ2v) is 21.2. The molecule has 3 fully saturated rings. The molecule has 382 valence electrons. The summed E-state index contributed by atoms with van der Waals surface area (Å²) in [5.41, 5.74) is -0.578. The third-order valence-corrected chi connectivity index (χ3v) is 15.6. The number of aliphatic hydroxyl groups excluding tert-OH is 2. The molecule has 1 aliphatic carbocycles. The van der Waals surface area contributed by atoms with Gasteiger partial charge >= 0.3 is 11.9 Å². The van der Waals surface area contributed by atoms with Crippen molar-refractivity contribution in [2.75, 3.05) is 45.3 Å². The summed E-state index contributed by atoms with van der Waals surface area (Å²) in [7, 11) is 1.50. The van der Waals surface area contributed by atoms with Gasteiger partial charge in [-0.05, 0) is 51.5 Å².